The van der Waals surface area contributed by atoms with Crippen molar-refractivity contribution in [3.8, 4) is 11.3 Å². The number of piperidine rings is 1. The Bertz CT molecular complexity index is 1580. The molecular formula is C28H34Cl3N7O3. The van der Waals surface area contributed by atoms with E-state index in [1.54, 1.807) is 17.8 Å². The molecular weight excluding hydrogens is 589 g/mol. The van der Waals surface area contributed by atoms with Gasteiger partial charge in [0.25, 0.3) is 5.56 Å². The first kappa shape index (κ1) is 32.5. The largest absolute Gasteiger partial charge is 0.388 e. The Hall–Kier alpha value is -2.99. The smallest absolute Gasteiger partial charge is 0.281 e. The fourth-order valence-electron chi connectivity index (χ4n) is 5.13. The van der Waals surface area contributed by atoms with Gasteiger partial charge in [-0.25, -0.2) is 4.98 Å². The Morgan fingerprint density at radius 3 is 2.41 bits per heavy atom. The first-order valence-electron chi connectivity index (χ1n) is 12.9. The zero-order chi connectivity index (χ0) is 27.7. The van der Waals surface area contributed by atoms with E-state index in [1.165, 1.54) is 17.8 Å². The normalized spacial score (nSPS) is 14.8. The number of benzene rings is 2. The van der Waals surface area contributed by atoms with Crippen molar-refractivity contribution in [2.24, 2.45) is 12.8 Å². The van der Waals surface area contributed by atoms with Gasteiger partial charge in [-0.15, -0.1) is 24.8 Å². The molecule has 1 aliphatic rings. The Labute approximate surface area is 255 Å². The number of anilines is 1. The molecule has 10 nitrogen and oxygen atoms in total. The number of hydrogen-bond donors (Lipinski definition) is 3. The van der Waals surface area contributed by atoms with Gasteiger partial charge in [-0.2, -0.15) is 5.10 Å². The van der Waals surface area contributed by atoms with E-state index in [-0.39, 0.29) is 48.3 Å². The number of aryl methyl sites for hydroxylation is 1. The van der Waals surface area contributed by atoms with Gasteiger partial charge < -0.3 is 16.2 Å². The van der Waals surface area contributed by atoms with Crippen LogP contribution in [-0.4, -0.2) is 53.9 Å². The molecule has 41 heavy (non-hydrogen) atoms. The minimum absolute atomic E-state index is 0. The number of likely N-dealkylation sites (tertiary alicyclic amines) is 1. The summed E-state index contributed by atoms with van der Waals surface area (Å²) < 4.78 is 3.13. The van der Waals surface area contributed by atoms with E-state index in [0.29, 0.717) is 55.2 Å². The average Bonchev–Trinajstić information content (AvgIpc) is 3.25. The minimum atomic E-state index is -1.04. The summed E-state index contributed by atoms with van der Waals surface area (Å²) in [6.45, 7) is 3.98. The monoisotopic (exact) mass is 621 g/mol. The molecule has 4 N–H and O–H groups in total. The number of hydrogen-bond acceptors (Lipinski definition) is 7. The van der Waals surface area contributed by atoms with E-state index in [4.69, 9.17) is 17.3 Å². The van der Waals surface area contributed by atoms with Gasteiger partial charge in [0.05, 0.1) is 24.2 Å². The average molecular weight is 623 g/mol. The summed E-state index contributed by atoms with van der Waals surface area (Å²) >= 11 is 6.44. The van der Waals surface area contributed by atoms with Crippen LogP contribution in [0.3, 0.4) is 0 Å². The molecule has 5 rings (SSSR count). The summed E-state index contributed by atoms with van der Waals surface area (Å²) in [6, 6.07) is 13.3. The van der Waals surface area contributed by atoms with E-state index >= 15 is 0 Å². The molecule has 0 bridgehead atoms. The molecule has 3 heterocycles. The van der Waals surface area contributed by atoms with Gasteiger partial charge in [-0.3, -0.25) is 23.7 Å². The lowest BCUT2D eigenvalue weighted by Gasteiger charge is -2.38. The molecule has 220 valence electrons. The number of fused-ring (bicyclic) bond motifs is 1. The van der Waals surface area contributed by atoms with Crippen LogP contribution in [-0.2, 0) is 31.5 Å². The Kier molecular flexibility index (Phi) is 10.6. The highest BCUT2D eigenvalue weighted by molar-refractivity contribution is 6.31. The third-order valence-electron chi connectivity index (χ3n) is 7.29. The number of aliphatic hydroxyl groups is 1. The van der Waals surface area contributed by atoms with Crippen LogP contribution in [0.4, 0.5) is 5.69 Å². The molecule has 2 aromatic heterocycles. The predicted molar refractivity (Wildman–Crippen MR) is 166 cm³/mol. The molecule has 0 spiro atoms. The van der Waals surface area contributed by atoms with Gasteiger partial charge in [-0.1, -0.05) is 41.9 Å². The number of nitrogens with one attached hydrogen (secondary N) is 1. The zero-order valence-electron chi connectivity index (χ0n) is 22.8. The Balaban J connectivity index is 0.00000231. The standard InChI is InChI=1S/C28H32ClN7O3.2ClH/c1-18(37)32-22-8-7-21(23(29)13-22)15-35-11-9-28(39,10-12-35)16-36-17-31-24-25(27(36)38)33-34(2)26(24)20-5-3-19(14-30)4-6-20;;/h3-8,13,17,39H,9-12,14-16,30H2,1-2H3,(H,32,37);2*1H. The van der Waals surface area contributed by atoms with E-state index < -0.39 is 5.60 Å². The fraction of sp³-hybridized carbons (Fsp3) is 0.357. The molecule has 1 amide bonds. The van der Waals surface area contributed by atoms with Crippen molar-refractivity contribution in [3.05, 3.63) is 75.3 Å². The second-order valence-electron chi connectivity index (χ2n) is 10.2. The molecule has 0 aliphatic carbocycles. The number of amides is 1. The van der Waals surface area contributed by atoms with Crippen molar-refractivity contribution in [1.82, 2.24) is 24.2 Å². The lowest BCUT2D eigenvalue weighted by atomic mass is 9.91. The van der Waals surface area contributed by atoms with Gasteiger partial charge in [0.15, 0.2) is 5.52 Å². The predicted octanol–water partition coefficient (Wildman–Crippen LogP) is 3.74. The van der Waals surface area contributed by atoms with E-state index in [2.05, 4.69) is 20.3 Å². The molecule has 0 unspecified atom stereocenters. The maximum Gasteiger partial charge on any atom is 0.281 e. The number of nitrogens with zero attached hydrogens (tertiary/aromatic N) is 5. The van der Waals surface area contributed by atoms with Gasteiger partial charge in [0.1, 0.15) is 5.52 Å². The SMILES string of the molecule is CC(=O)Nc1ccc(CN2CCC(O)(Cn3cnc4c(-c5ccc(CN)cc5)n(C)nc4c3=O)CC2)c(Cl)c1.Cl.Cl. The first-order valence-corrected chi connectivity index (χ1v) is 13.3. The second kappa shape index (κ2) is 13.3. The highest BCUT2D eigenvalue weighted by Gasteiger charge is 2.33. The summed E-state index contributed by atoms with van der Waals surface area (Å²) in [6.07, 6.45) is 2.50. The van der Waals surface area contributed by atoms with E-state index in [1.807, 2.05) is 36.4 Å². The molecule has 0 radical (unpaired) electrons. The van der Waals surface area contributed by atoms with Crippen molar-refractivity contribution in [3.63, 3.8) is 0 Å². The van der Waals surface area contributed by atoms with Crippen LogP contribution in [0.15, 0.2) is 53.6 Å². The number of rotatable bonds is 7. The van der Waals surface area contributed by atoms with Gasteiger partial charge >= 0.3 is 0 Å². The van der Waals surface area contributed by atoms with Gasteiger partial charge in [-0.05, 0) is 36.1 Å². The summed E-state index contributed by atoms with van der Waals surface area (Å²) in [4.78, 5) is 31.4. The van der Waals surface area contributed by atoms with Crippen LogP contribution in [0.2, 0.25) is 5.02 Å². The number of nitrogens with two attached hydrogens (primary N) is 1. The highest BCUT2D eigenvalue weighted by Crippen LogP contribution is 2.29. The second-order valence-corrected chi connectivity index (χ2v) is 10.6. The van der Waals surface area contributed by atoms with Gasteiger partial charge in [0, 0.05) is 56.4 Å². The third kappa shape index (κ3) is 7.09. The molecule has 1 saturated heterocycles. The van der Waals surface area contributed by atoms with Crippen molar-refractivity contribution in [2.45, 2.75) is 45.0 Å². The summed E-state index contributed by atoms with van der Waals surface area (Å²) in [5, 5.41) is 19.1. The third-order valence-corrected chi connectivity index (χ3v) is 7.65. The van der Waals surface area contributed by atoms with E-state index in [9.17, 15) is 14.7 Å². The molecule has 13 heteroatoms. The quantitative estimate of drug-likeness (QED) is 0.286. The van der Waals surface area contributed by atoms with Crippen LogP contribution in [0.5, 0.6) is 0 Å². The molecule has 2 aromatic carbocycles. The van der Waals surface area contributed by atoms with Crippen LogP contribution in [0.25, 0.3) is 22.3 Å². The summed E-state index contributed by atoms with van der Waals surface area (Å²) in [7, 11) is 1.79. The first-order chi connectivity index (χ1) is 18.7. The topological polar surface area (TPSA) is 131 Å². The number of halogens is 3. The summed E-state index contributed by atoms with van der Waals surface area (Å²) in [5.74, 6) is -0.149. The van der Waals surface area contributed by atoms with Crippen molar-refractivity contribution >= 4 is 59.0 Å². The minimum Gasteiger partial charge on any atom is -0.388 e. The molecule has 1 fully saturated rings. The molecule has 4 aromatic rings. The van der Waals surface area contributed by atoms with Crippen molar-refractivity contribution < 1.29 is 9.90 Å². The van der Waals surface area contributed by atoms with Gasteiger partial charge in [0.2, 0.25) is 5.91 Å². The van der Waals surface area contributed by atoms with Crippen molar-refractivity contribution in [1.29, 1.82) is 0 Å². The number of aromatic nitrogens is 4. The molecule has 1 aliphatic heterocycles. The maximum atomic E-state index is 13.3. The molecule has 0 atom stereocenters. The lowest BCUT2D eigenvalue weighted by Crippen LogP contribution is -2.47. The lowest BCUT2D eigenvalue weighted by molar-refractivity contribution is -0.114. The summed E-state index contributed by atoms with van der Waals surface area (Å²) in [5.41, 5.74) is 9.49. The fourth-order valence-corrected chi connectivity index (χ4v) is 5.37. The Morgan fingerprint density at radius 1 is 1.12 bits per heavy atom. The van der Waals surface area contributed by atoms with Crippen LogP contribution in [0, 0.1) is 0 Å². The van der Waals surface area contributed by atoms with E-state index in [0.717, 1.165) is 22.4 Å². The Morgan fingerprint density at radius 2 is 1.80 bits per heavy atom. The van der Waals surface area contributed by atoms with Crippen LogP contribution in [0.1, 0.15) is 30.9 Å². The number of carbonyl (C=O) groups excluding carboxylic acids is 1. The van der Waals surface area contributed by atoms with Crippen LogP contribution >= 0.6 is 36.4 Å². The maximum absolute atomic E-state index is 13.3. The van der Waals surface area contributed by atoms with Crippen LogP contribution < -0.4 is 16.6 Å². The highest BCUT2D eigenvalue weighted by atomic mass is 35.5. The zero-order valence-corrected chi connectivity index (χ0v) is 25.2. The number of carbonyl (C=O) groups is 1. The van der Waals surface area contributed by atoms with Crippen molar-refractivity contribution in [2.75, 3.05) is 18.4 Å². The molecule has 0 saturated carbocycles.